The number of rotatable bonds is 10. The Morgan fingerprint density at radius 1 is 0.804 bits per heavy atom. The van der Waals surface area contributed by atoms with Crippen molar-refractivity contribution in [3.8, 4) is 11.6 Å². The zero-order valence-corrected chi connectivity index (χ0v) is 25.8. The summed E-state index contributed by atoms with van der Waals surface area (Å²) < 4.78 is 15.1. The first-order chi connectivity index (χ1) is 22.1. The molecule has 46 heavy (non-hydrogen) atoms. The minimum Gasteiger partial charge on any atom is -0.465 e. The van der Waals surface area contributed by atoms with Crippen LogP contribution in [0.15, 0.2) is 45.2 Å². The molecule has 20 heteroatoms. The van der Waals surface area contributed by atoms with E-state index in [2.05, 4.69) is 50.8 Å². The quantitative estimate of drug-likeness (QED) is 0.167. The van der Waals surface area contributed by atoms with Gasteiger partial charge in [-0.3, -0.25) is 0 Å². The number of nitrogens with two attached hydrogens (primary N) is 2. The largest absolute Gasteiger partial charge is 0.465 e. The summed E-state index contributed by atoms with van der Waals surface area (Å²) in [5.41, 5.74) is 14.8. The second-order valence-corrected chi connectivity index (χ2v) is 9.70. The van der Waals surface area contributed by atoms with Gasteiger partial charge in [0.15, 0.2) is 46.3 Å². The monoisotopic (exact) mass is 630 g/mol. The average molecular weight is 631 g/mol. The molecular weight excluding hydrogens is 600 g/mol. The third-order valence-electron chi connectivity index (χ3n) is 6.70. The van der Waals surface area contributed by atoms with E-state index in [4.69, 9.17) is 20.9 Å². The molecule has 0 aromatic carbocycles. The van der Waals surface area contributed by atoms with Crippen molar-refractivity contribution in [1.82, 2.24) is 49.1 Å². The van der Waals surface area contributed by atoms with Gasteiger partial charge in [-0.15, -0.1) is 20.5 Å². The summed E-state index contributed by atoms with van der Waals surface area (Å²) in [6.07, 6.45) is 5.26. The van der Waals surface area contributed by atoms with Gasteiger partial charge in [-0.2, -0.15) is 29.8 Å². The fraction of sp³-hybridized carbons (Fsp3) is 0.308. The van der Waals surface area contributed by atoms with Crippen molar-refractivity contribution < 1.29 is 19.1 Å². The van der Waals surface area contributed by atoms with Gasteiger partial charge in [-0.1, -0.05) is 13.3 Å². The molecule has 5 heterocycles. The highest BCUT2D eigenvalue weighted by atomic mass is 16.5. The van der Waals surface area contributed by atoms with Crippen LogP contribution in [0, 0.1) is 6.92 Å². The summed E-state index contributed by atoms with van der Waals surface area (Å²) >= 11 is 0. The van der Waals surface area contributed by atoms with Crippen LogP contribution in [-0.4, -0.2) is 75.2 Å². The summed E-state index contributed by atoms with van der Waals surface area (Å²) in [5, 5.41) is 34.2. The highest BCUT2D eigenvalue weighted by Crippen LogP contribution is 2.34. The molecule has 0 spiro atoms. The molecule has 0 amide bonds. The maximum absolute atomic E-state index is 12.2. The van der Waals surface area contributed by atoms with E-state index in [0.29, 0.717) is 29.3 Å². The number of aromatic nitrogens is 10. The lowest BCUT2D eigenvalue weighted by Gasteiger charge is -2.06. The van der Waals surface area contributed by atoms with Gasteiger partial charge in [0.2, 0.25) is 0 Å². The van der Waals surface area contributed by atoms with Gasteiger partial charge in [0.25, 0.3) is 0 Å². The van der Waals surface area contributed by atoms with Crippen LogP contribution in [0.2, 0.25) is 0 Å². The molecule has 0 bridgehead atoms. The first-order valence-electron chi connectivity index (χ1n) is 13.7. The van der Waals surface area contributed by atoms with Crippen LogP contribution in [0.4, 0.5) is 34.6 Å². The summed E-state index contributed by atoms with van der Waals surface area (Å²) in [6, 6.07) is 1.58. The number of azo groups is 2. The van der Waals surface area contributed by atoms with E-state index in [0.717, 1.165) is 6.42 Å². The van der Waals surface area contributed by atoms with E-state index in [9.17, 15) is 9.59 Å². The summed E-state index contributed by atoms with van der Waals surface area (Å²) in [6.45, 7) is 3.68. The third-order valence-corrected chi connectivity index (χ3v) is 6.70. The fourth-order valence-electron chi connectivity index (χ4n) is 4.36. The number of aryl methyl sites for hydroxylation is 4. The Balaban J connectivity index is 1.50. The Morgan fingerprint density at radius 3 is 1.83 bits per heavy atom. The Bertz CT molecular complexity index is 2000. The van der Waals surface area contributed by atoms with Gasteiger partial charge in [-0.25, -0.2) is 28.9 Å². The van der Waals surface area contributed by atoms with Gasteiger partial charge in [-0.05, 0) is 13.3 Å². The minimum atomic E-state index is -0.608. The first-order valence-corrected chi connectivity index (χ1v) is 13.7. The van der Waals surface area contributed by atoms with E-state index in [1.54, 1.807) is 27.1 Å². The van der Waals surface area contributed by atoms with Crippen molar-refractivity contribution in [2.24, 2.45) is 34.6 Å². The zero-order chi connectivity index (χ0) is 33.1. The normalized spacial score (nSPS) is 11.6. The molecule has 0 aliphatic carbocycles. The Labute approximate surface area is 260 Å². The van der Waals surface area contributed by atoms with Crippen LogP contribution in [-0.2, 0) is 30.0 Å². The Morgan fingerprint density at radius 2 is 1.30 bits per heavy atom. The van der Waals surface area contributed by atoms with Crippen molar-refractivity contribution in [2.75, 3.05) is 25.7 Å². The van der Waals surface area contributed by atoms with Crippen LogP contribution in [0.25, 0.3) is 11.6 Å². The summed E-state index contributed by atoms with van der Waals surface area (Å²) in [5.74, 6) is 0.0131. The van der Waals surface area contributed by atoms with E-state index < -0.39 is 11.9 Å². The molecule has 0 fully saturated rings. The summed E-state index contributed by atoms with van der Waals surface area (Å²) in [7, 11) is 5.76. The van der Waals surface area contributed by atoms with Crippen molar-refractivity contribution in [3.05, 3.63) is 47.3 Å². The minimum absolute atomic E-state index is 0.125. The number of ether oxygens (including phenoxy) is 2. The molecule has 5 aromatic rings. The molecule has 0 aliphatic rings. The van der Waals surface area contributed by atoms with E-state index in [-0.39, 0.29) is 45.9 Å². The lowest BCUT2D eigenvalue weighted by Crippen LogP contribution is -2.09. The highest BCUT2D eigenvalue weighted by Gasteiger charge is 2.22. The second kappa shape index (κ2) is 12.7. The second-order valence-electron chi connectivity index (χ2n) is 9.70. The lowest BCUT2D eigenvalue weighted by atomic mass is 10.2. The van der Waals surface area contributed by atoms with E-state index >= 15 is 0 Å². The number of hydrogen-bond donors (Lipinski definition) is 2. The van der Waals surface area contributed by atoms with Crippen LogP contribution in [0.3, 0.4) is 0 Å². The van der Waals surface area contributed by atoms with Gasteiger partial charge in [0.1, 0.15) is 17.5 Å². The molecule has 0 radical (unpaired) electrons. The molecule has 5 aromatic heterocycles. The molecule has 4 N–H and O–H groups in total. The molecule has 20 nitrogen and oxygen atoms in total. The topological polar surface area (TPSA) is 251 Å². The van der Waals surface area contributed by atoms with Gasteiger partial charge in [0, 0.05) is 20.2 Å². The first kappa shape index (κ1) is 31.1. The molecule has 0 saturated carbocycles. The number of nitrogens with zero attached hydrogens (tertiary/aromatic N) is 14. The van der Waals surface area contributed by atoms with Crippen LogP contribution in [0.5, 0.6) is 0 Å². The van der Waals surface area contributed by atoms with Gasteiger partial charge >= 0.3 is 11.9 Å². The number of methoxy groups -OCH3 is 2. The predicted molar refractivity (Wildman–Crippen MR) is 161 cm³/mol. The number of hydrogen-bond acceptors (Lipinski definition) is 16. The SMILES string of the molecule is CCCc1nn(-c2cc(-n3nc(C)c(N=Nc4c(C(=O)OC)cnn4C)c3N)ncn2)c(N)c1N=Nc1c(C(=O)OC)cnn1C. The maximum atomic E-state index is 12.2. The van der Waals surface area contributed by atoms with Crippen LogP contribution in [0.1, 0.15) is 45.4 Å². The fourth-order valence-corrected chi connectivity index (χ4v) is 4.36. The standard InChI is InChI=1S/C26H30N16O4/c1-7-8-16-20(34-36-24-15(26(44)46-6)11-32-40(24)4)22(28)42(38-16)18-9-17(29-12-30-18)41-21(27)19(13(2)37-41)33-35-23-14(25(43)45-5)10-31-39(23)3/h9-12H,7-8,27-28H2,1-6H3. The number of nitrogen functional groups attached to an aromatic ring is 2. The molecular formula is C26H30N16O4. The average Bonchev–Trinajstić information content (AvgIpc) is 3.78. The molecule has 0 unspecified atom stereocenters. The number of anilines is 2. The number of carbonyl (C=O) groups is 2. The molecule has 0 saturated heterocycles. The van der Waals surface area contributed by atoms with Crippen LogP contribution >= 0.6 is 0 Å². The zero-order valence-electron chi connectivity index (χ0n) is 25.8. The number of carbonyl (C=O) groups excluding carboxylic acids is 2. The third kappa shape index (κ3) is 5.65. The predicted octanol–water partition coefficient (Wildman–Crippen LogP) is 3.14. The number of esters is 2. The molecule has 0 atom stereocenters. The summed E-state index contributed by atoms with van der Waals surface area (Å²) in [4.78, 5) is 32.9. The van der Waals surface area contributed by atoms with Crippen molar-refractivity contribution in [3.63, 3.8) is 0 Å². The maximum Gasteiger partial charge on any atom is 0.343 e. The van der Waals surface area contributed by atoms with Crippen molar-refractivity contribution in [2.45, 2.75) is 26.7 Å². The van der Waals surface area contributed by atoms with E-state index in [1.807, 2.05) is 6.92 Å². The smallest absolute Gasteiger partial charge is 0.343 e. The van der Waals surface area contributed by atoms with Crippen molar-refractivity contribution >= 4 is 46.6 Å². The molecule has 5 rings (SSSR count). The van der Waals surface area contributed by atoms with Crippen LogP contribution < -0.4 is 11.5 Å². The van der Waals surface area contributed by atoms with Gasteiger partial charge < -0.3 is 20.9 Å². The Kier molecular flexibility index (Phi) is 8.60. The van der Waals surface area contributed by atoms with Gasteiger partial charge in [0.05, 0.1) is 38.0 Å². The Hall–Kier alpha value is -6.34. The highest BCUT2D eigenvalue weighted by molar-refractivity contribution is 5.94. The molecule has 238 valence electrons. The van der Waals surface area contributed by atoms with E-state index in [1.165, 1.54) is 51.7 Å². The lowest BCUT2D eigenvalue weighted by molar-refractivity contribution is 0.0592. The van der Waals surface area contributed by atoms with Crippen molar-refractivity contribution in [1.29, 1.82) is 0 Å². The molecule has 0 aliphatic heterocycles.